The largest absolute Gasteiger partial charge is 0.394 e. The zero-order valence-corrected chi connectivity index (χ0v) is 31.3. The van der Waals surface area contributed by atoms with E-state index in [1.807, 2.05) is 7.11 Å². The molecule has 1 heterocycles. The van der Waals surface area contributed by atoms with Gasteiger partial charge in [-0.3, -0.25) is 14.4 Å². The molecule has 9 nitrogen and oxygen atoms in total. The number of nitrogens with zero attached hydrogens (tertiary/aromatic N) is 1. The van der Waals surface area contributed by atoms with E-state index in [2.05, 4.69) is 31.4 Å². The third-order valence-corrected chi connectivity index (χ3v) is 14.9. The molecule has 2 bridgehead atoms. The number of nitrogens with one attached hydrogen (secondary N) is 2. The van der Waals surface area contributed by atoms with Crippen molar-refractivity contribution in [3.63, 3.8) is 0 Å². The smallest absolute Gasteiger partial charge is 0.240 e. The van der Waals surface area contributed by atoms with Gasteiger partial charge in [-0.15, -0.1) is 0 Å². The van der Waals surface area contributed by atoms with E-state index in [1.165, 1.54) is 38.5 Å². The van der Waals surface area contributed by atoms with Gasteiger partial charge >= 0.3 is 0 Å². The van der Waals surface area contributed by atoms with Gasteiger partial charge in [0.05, 0.1) is 18.8 Å². The first-order chi connectivity index (χ1) is 23.5. The molecule has 49 heavy (non-hydrogen) atoms. The second kappa shape index (κ2) is 16.2. The first kappa shape index (κ1) is 37.5. The van der Waals surface area contributed by atoms with Crippen molar-refractivity contribution in [2.45, 2.75) is 167 Å². The fourth-order valence-electron chi connectivity index (χ4n) is 12.0. The second-order valence-corrected chi connectivity index (χ2v) is 18.0. The summed E-state index contributed by atoms with van der Waals surface area (Å²) in [4.78, 5) is 33.5. The van der Waals surface area contributed by atoms with Crippen LogP contribution in [-0.4, -0.2) is 83.8 Å². The molecule has 1 aliphatic heterocycles. The van der Waals surface area contributed by atoms with Gasteiger partial charge in [0.1, 0.15) is 12.1 Å². The Kier molecular flexibility index (Phi) is 12.4. The Morgan fingerprint density at radius 1 is 0.980 bits per heavy atom. The van der Waals surface area contributed by atoms with Crippen LogP contribution in [0.2, 0.25) is 0 Å². The maximum absolute atomic E-state index is 14.2. The summed E-state index contributed by atoms with van der Waals surface area (Å²) in [5.74, 6) is 3.03. The van der Waals surface area contributed by atoms with E-state index in [4.69, 9.17) is 9.57 Å². The van der Waals surface area contributed by atoms with Gasteiger partial charge in [0.25, 0.3) is 0 Å². The number of hydrogen-bond donors (Lipinski definition) is 4. The summed E-state index contributed by atoms with van der Waals surface area (Å²) in [6.07, 6.45) is 16.6. The minimum absolute atomic E-state index is 0.0256. The average Bonchev–Trinajstić information content (AvgIpc) is 3.47. The Balaban J connectivity index is 1.09. The van der Waals surface area contributed by atoms with Crippen LogP contribution in [0.4, 0.5) is 0 Å². The van der Waals surface area contributed by atoms with Gasteiger partial charge in [0, 0.05) is 44.0 Å². The summed E-state index contributed by atoms with van der Waals surface area (Å²) in [5, 5.41) is 29.9. The predicted molar refractivity (Wildman–Crippen MR) is 190 cm³/mol. The number of aliphatic hydroxyl groups is 2. The Hall–Kier alpha value is -1.26. The molecule has 0 aromatic rings. The van der Waals surface area contributed by atoms with Gasteiger partial charge in [-0.2, -0.15) is 5.06 Å². The summed E-state index contributed by atoms with van der Waals surface area (Å²) in [6.45, 7) is 9.01. The lowest BCUT2D eigenvalue weighted by atomic mass is 9.45. The fraction of sp³-hybridized carbons (Fsp3) is 0.950. The van der Waals surface area contributed by atoms with Gasteiger partial charge in [0.15, 0.2) is 0 Å². The van der Waals surface area contributed by atoms with Crippen molar-refractivity contribution in [3.8, 4) is 0 Å². The van der Waals surface area contributed by atoms with Crippen LogP contribution in [0.25, 0.3) is 0 Å². The van der Waals surface area contributed by atoms with Gasteiger partial charge in [-0.1, -0.05) is 65.7 Å². The maximum Gasteiger partial charge on any atom is 0.240 e. The molecule has 5 unspecified atom stereocenters. The highest BCUT2D eigenvalue weighted by Crippen LogP contribution is 2.61. The minimum Gasteiger partial charge on any atom is -0.394 e. The van der Waals surface area contributed by atoms with E-state index in [9.17, 15) is 19.8 Å². The Bertz CT molecular complexity index is 1110. The highest BCUT2D eigenvalue weighted by atomic mass is 16.7. The summed E-state index contributed by atoms with van der Waals surface area (Å²) in [7, 11) is 1.82. The third kappa shape index (κ3) is 8.06. The van der Waals surface area contributed by atoms with Crippen molar-refractivity contribution in [1.82, 2.24) is 15.7 Å². The lowest BCUT2D eigenvalue weighted by Gasteiger charge is -2.62. The Labute approximate surface area is 296 Å². The van der Waals surface area contributed by atoms with Crippen molar-refractivity contribution in [2.75, 3.05) is 20.3 Å². The van der Waals surface area contributed by atoms with E-state index in [0.29, 0.717) is 48.0 Å². The molecule has 6 aliphatic carbocycles. The van der Waals surface area contributed by atoms with Crippen LogP contribution in [0, 0.1) is 52.8 Å². The quantitative estimate of drug-likeness (QED) is 0.211. The van der Waals surface area contributed by atoms with Crippen LogP contribution in [0.1, 0.15) is 130 Å². The summed E-state index contributed by atoms with van der Waals surface area (Å²) < 4.78 is 6.33. The monoisotopic (exact) mass is 688 g/mol. The molecule has 7 aliphatic rings. The Morgan fingerprint density at radius 2 is 1.73 bits per heavy atom. The molecule has 0 aromatic heterocycles. The van der Waals surface area contributed by atoms with E-state index in [-0.39, 0.29) is 42.5 Å². The second-order valence-electron chi connectivity index (χ2n) is 18.0. The number of carbonyl (C=O) groups is 2. The topological polar surface area (TPSA) is 120 Å². The number of amides is 2. The lowest BCUT2D eigenvalue weighted by Crippen LogP contribution is -2.62. The van der Waals surface area contributed by atoms with Crippen molar-refractivity contribution >= 4 is 11.8 Å². The number of rotatable bonds is 12. The zero-order chi connectivity index (χ0) is 34.9. The van der Waals surface area contributed by atoms with Gasteiger partial charge < -0.3 is 25.6 Å². The standard InChI is InChI=1S/C40H69N3O6/c1-24-32-20-29(40(32,3)4)21-33(24)42-39(47)37-36(25(2)45)34(23-44)49-43(37)22-28-14-10-16-31(38(28)48-5)27-13-9-15-30(19-27)41-35(46)18-17-26-11-7-6-8-12-26/h24-34,36-38,44-45H,6-23H2,1-5H3,(H,41,46)(H,42,47)/t24-,25-,27?,28?,29+,30?,31?,32-,33-,34-,36-,37-,38?/m0/s1. The van der Waals surface area contributed by atoms with Crippen molar-refractivity contribution in [3.05, 3.63) is 0 Å². The number of fused-ring (bicyclic) bond motifs is 2. The van der Waals surface area contributed by atoms with Crippen LogP contribution < -0.4 is 10.6 Å². The normalized spacial score (nSPS) is 41.9. The van der Waals surface area contributed by atoms with Crippen molar-refractivity contribution in [2.24, 2.45) is 52.8 Å². The summed E-state index contributed by atoms with van der Waals surface area (Å²) in [6, 6.07) is -0.315. The summed E-state index contributed by atoms with van der Waals surface area (Å²) in [5.41, 5.74) is 0.332. The molecule has 7 rings (SSSR count). The number of aliphatic hydroxyl groups excluding tert-OH is 2. The molecular weight excluding hydrogens is 618 g/mol. The van der Waals surface area contributed by atoms with E-state index in [1.54, 1.807) is 12.0 Å². The first-order valence-electron chi connectivity index (χ1n) is 20.4. The number of hydrogen-bond acceptors (Lipinski definition) is 7. The molecule has 280 valence electrons. The van der Waals surface area contributed by atoms with Crippen LogP contribution >= 0.6 is 0 Å². The van der Waals surface area contributed by atoms with Crippen LogP contribution in [0.15, 0.2) is 0 Å². The minimum atomic E-state index is -0.802. The first-order valence-corrected chi connectivity index (χ1v) is 20.4. The van der Waals surface area contributed by atoms with E-state index >= 15 is 0 Å². The average molecular weight is 688 g/mol. The highest BCUT2D eigenvalue weighted by Gasteiger charge is 2.57. The molecule has 1 saturated heterocycles. The number of methoxy groups -OCH3 is 1. The Morgan fingerprint density at radius 3 is 2.41 bits per heavy atom. The van der Waals surface area contributed by atoms with Crippen LogP contribution in [0.3, 0.4) is 0 Å². The van der Waals surface area contributed by atoms with E-state index in [0.717, 1.165) is 63.7 Å². The number of ether oxygens (including phenoxy) is 1. The summed E-state index contributed by atoms with van der Waals surface area (Å²) >= 11 is 0. The molecule has 6 saturated carbocycles. The lowest BCUT2D eigenvalue weighted by molar-refractivity contribution is -0.193. The van der Waals surface area contributed by atoms with Gasteiger partial charge in [0.2, 0.25) is 11.8 Å². The molecule has 0 radical (unpaired) electrons. The fourth-order valence-corrected chi connectivity index (χ4v) is 12.0. The zero-order valence-electron chi connectivity index (χ0n) is 31.3. The van der Waals surface area contributed by atoms with Gasteiger partial charge in [-0.05, 0) is 99.2 Å². The SMILES string of the molecule is COC1C(CN2O[C@@H](CO)[C@H]([C@H](C)O)[C@H]2C(=O)N[C@H]2C[C@H]3C[C@@H]([C@@H]2C)C3(C)C)CCCC1C1CCCC(NC(=O)CCC2CCCCC2)C1. The molecule has 7 fully saturated rings. The number of hydroxylamine groups is 2. The van der Waals surface area contributed by atoms with E-state index < -0.39 is 24.2 Å². The van der Waals surface area contributed by atoms with Crippen molar-refractivity contribution in [1.29, 1.82) is 0 Å². The molecular formula is C40H69N3O6. The molecule has 0 aromatic carbocycles. The number of carbonyl (C=O) groups excluding carboxylic acids is 2. The molecule has 13 atom stereocenters. The highest BCUT2D eigenvalue weighted by molar-refractivity contribution is 5.83. The molecule has 4 N–H and O–H groups in total. The van der Waals surface area contributed by atoms with Crippen LogP contribution in [0.5, 0.6) is 0 Å². The molecule has 2 amide bonds. The predicted octanol–water partition coefficient (Wildman–Crippen LogP) is 5.61. The third-order valence-electron chi connectivity index (χ3n) is 14.9. The van der Waals surface area contributed by atoms with Gasteiger partial charge in [-0.25, -0.2) is 0 Å². The van der Waals surface area contributed by atoms with Crippen LogP contribution in [-0.2, 0) is 19.2 Å². The molecule has 0 spiro atoms. The molecule has 9 heteroatoms. The van der Waals surface area contributed by atoms with Crippen molar-refractivity contribution < 1.29 is 29.4 Å². The maximum atomic E-state index is 14.2.